The number of unbranched alkanes of at least 4 members (excludes halogenated alkanes) is 1. The van der Waals surface area contributed by atoms with Crippen LogP contribution < -0.4 is 0 Å². The first-order chi connectivity index (χ1) is 11.0. The van der Waals surface area contributed by atoms with E-state index < -0.39 is 0 Å². The third-order valence-corrected chi connectivity index (χ3v) is 5.21. The van der Waals surface area contributed by atoms with E-state index in [0.29, 0.717) is 37.3 Å². The smallest absolute Gasteiger partial charge is 0.139 e. The van der Waals surface area contributed by atoms with Crippen molar-refractivity contribution in [3.8, 4) is 6.07 Å². The fourth-order valence-electron chi connectivity index (χ4n) is 2.85. The zero-order chi connectivity index (χ0) is 16.7. The number of hydrogen-bond acceptors (Lipinski definition) is 2. The first kappa shape index (κ1) is 16.4. The number of nitriles is 1. The van der Waals surface area contributed by atoms with Gasteiger partial charge >= 0.3 is 0 Å². The van der Waals surface area contributed by atoms with Gasteiger partial charge in [0.25, 0.3) is 0 Å². The predicted molar refractivity (Wildman–Crippen MR) is 95.8 cm³/mol. The minimum Gasteiger partial charge on any atom is -0.297 e. The molecule has 0 aliphatic heterocycles. The van der Waals surface area contributed by atoms with Crippen molar-refractivity contribution in [2.24, 2.45) is 0 Å². The summed E-state index contributed by atoms with van der Waals surface area (Å²) < 4.78 is 1.81. The van der Waals surface area contributed by atoms with Gasteiger partial charge in [0.05, 0.1) is 26.1 Å². The third-order valence-electron chi connectivity index (χ3n) is 4.09. The van der Waals surface area contributed by atoms with Crippen LogP contribution in [0.5, 0.6) is 0 Å². The second-order valence-corrected chi connectivity index (χ2v) is 6.71. The van der Waals surface area contributed by atoms with Gasteiger partial charge in [0.2, 0.25) is 0 Å². The van der Waals surface area contributed by atoms with Crippen LogP contribution in [0.2, 0.25) is 15.1 Å². The molecular formula is C17H14Cl3N3. The molecule has 0 saturated carbocycles. The highest BCUT2D eigenvalue weighted by Crippen LogP contribution is 2.36. The summed E-state index contributed by atoms with van der Waals surface area (Å²) in [5, 5.41) is 11.1. The van der Waals surface area contributed by atoms with Gasteiger partial charge in [-0.15, -0.1) is 0 Å². The number of benzene rings is 1. The zero-order valence-electron chi connectivity index (χ0n) is 12.8. The molecule has 118 valence electrons. The fraction of sp³-hybridized carbons (Fsp3) is 0.294. The summed E-state index contributed by atoms with van der Waals surface area (Å²) in [7, 11) is 0. The standard InChI is InChI=1S/C17H14Cl3N3/c1-3-4-5-10-9(2)11(7-21)16-17(15(10)20)23-8-13(19)12(18)6-14(23)22-16/h6,8H,3-5H2,1-2H3. The molecule has 0 aliphatic rings. The number of hydrogen-bond donors (Lipinski definition) is 0. The summed E-state index contributed by atoms with van der Waals surface area (Å²) in [5.74, 6) is 0. The Labute approximate surface area is 149 Å². The molecule has 0 bridgehead atoms. The SMILES string of the molecule is CCCCc1c(C)c(C#N)c2nc3cc(Cl)c(Cl)cn3c2c1Cl. The molecular weight excluding hydrogens is 353 g/mol. The Morgan fingerprint density at radius 3 is 2.65 bits per heavy atom. The number of imidazole rings is 1. The summed E-state index contributed by atoms with van der Waals surface area (Å²) >= 11 is 18.9. The summed E-state index contributed by atoms with van der Waals surface area (Å²) in [6.45, 7) is 4.06. The lowest BCUT2D eigenvalue weighted by Crippen LogP contribution is -1.98. The average molecular weight is 367 g/mol. The lowest BCUT2D eigenvalue weighted by atomic mass is 9.97. The molecule has 2 heterocycles. The van der Waals surface area contributed by atoms with Crippen molar-refractivity contribution in [1.29, 1.82) is 5.26 Å². The van der Waals surface area contributed by atoms with Crippen LogP contribution in [0.15, 0.2) is 12.3 Å². The van der Waals surface area contributed by atoms with E-state index in [0.717, 1.165) is 30.4 Å². The monoisotopic (exact) mass is 365 g/mol. The number of fused-ring (bicyclic) bond motifs is 3. The summed E-state index contributed by atoms with van der Waals surface area (Å²) in [4.78, 5) is 4.54. The molecule has 3 aromatic rings. The maximum Gasteiger partial charge on any atom is 0.139 e. The topological polar surface area (TPSA) is 41.1 Å². The Kier molecular flexibility index (Phi) is 4.42. The van der Waals surface area contributed by atoms with Gasteiger partial charge in [-0.25, -0.2) is 4.98 Å². The molecule has 0 unspecified atom stereocenters. The quantitative estimate of drug-likeness (QED) is 0.573. The van der Waals surface area contributed by atoms with Crippen molar-refractivity contribution < 1.29 is 0 Å². The van der Waals surface area contributed by atoms with E-state index in [9.17, 15) is 5.26 Å². The van der Waals surface area contributed by atoms with E-state index in [4.69, 9.17) is 34.8 Å². The van der Waals surface area contributed by atoms with Gasteiger partial charge < -0.3 is 0 Å². The summed E-state index contributed by atoms with van der Waals surface area (Å²) in [6, 6.07) is 3.95. The van der Waals surface area contributed by atoms with E-state index in [1.54, 1.807) is 12.3 Å². The van der Waals surface area contributed by atoms with Gasteiger partial charge in [0.1, 0.15) is 17.2 Å². The van der Waals surface area contributed by atoms with E-state index in [2.05, 4.69) is 18.0 Å². The van der Waals surface area contributed by atoms with E-state index in [-0.39, 0.29) is 0 Å². The maximum atomic E-state index is 9.60. The van der Waals surface area contributed by atoms with Gasteiger partial charge in [0.15, 0.2) is 0 Å². The first-order valence-electron chi connectivity index (χ1n) is 7.37. The van der Waals surface area contributed by atoms with Crippen LogP contribution >= 0.6 is 34.8 Å². The van der Waals surface area contributed by atoms with Gasteiger partial charge in [-0.05, 0) is 30.9 Å². The molecule has 0 amide bonds. The van der Waals surface area contributed by atoms with E-state index in [1.807, 2.05) is 11.3 Å². The minimum atomic E-state index is 0.420. The molecule has 0 radical (unpaired) electrons. The van der Waals surface area contributed by atoms with Crippen LogP contribution in [0, 0.1) is 18.3 Å². The Balaban J connectivity index is 2.47. The van der Waals surface area contributed by atoms with Gasteiger partial charge in [0, 0.05) is 12.3 Å². The Bertz CT molecular complexity index is 967. The van der Waals surface area contributed by atoms with Gasteiger partial charge in [-0.3, -0.25) is 4.40 Å². The average Bonchev–Trinajstić information content (AvgIpc) is 2.86. The molecule has 0 N–H and O–H groups in total. The number of aromatic nitrogens is 2. The third kappa shape index (κ3) is 2.55. The highest BCUT2D eigenvalue weighted by molar-refractivity contribution is 6.42. The molecule has 0 saturated heterocycles. The Hall–Kier alpha value is -1.47. The van der Waals surface area contributed by atoms with Crippen LogP contribution in [-0.2, 0) is 6.42 Å². The highest BCUT2D eigenvalue weighted by Gasteiger charge is 2.20. The van der Waals surface area contributed by atoms with Crippen molar-refractivity contribution in [2.75, 3.05) is 0 Å². The molecule has 0 spiro atoms. The Morgan fingerprint density at radius 1 is 1.26 bits per heavy atom. The molecule has 6 heteroatoms. The molecule has 0 atom stereocenters. The summed E-state index contributed by atoms with van der Waals surface area (Å²) in [5.41, 5.74) is 4.40. The van der Waals surface area contributed by atoms with Gasteiger partial charge in [-0.1, -0.05) is 48.1 Å². The lowest BCUT2D eigenvalue weighted by Gasteiger charge is -2.11. The van der Waals surface area contributed by atoms with Gasteiger partial charge in [-0.2, -0.15) is 5.26 Å². The van der Waals surface area contributed by atoms with Crippen molar-refractivity contribution in [2.45, 2.75) is 33.1 Å². The van der Waals surface area contributed by atoms with Crippen molar-refractivity contribution >= 4 is 51.5 Å². The molecule has 1 aromatic carbocycles. The predicted octanol–water partition coefficient (Wildman–Crippen LogP) is 5.97. The molecule has 2 aromatic heterocycles. The number of nitrogens with zero attached hydrogens (tertiary/aromatic N) is 3. The minimum absolute atomic E-state index is 0.420. The molecule has 3 rings (SSSR count). The largest absolute Gasteiger partial charge is 0.297 e. The van der Waals surface area contributed by atoms with Crippen molar-refractivity contribution in [3.63, 3.8) is 0 Å². The zero-order valence-corrected chi connectivity index (χ0v) is 15.0. The van der Waals surface area contributed by atoms with E-state index >= 15 is 0 Å². The molecule has 3 nitrogen and oxygen atoms in total. The number of halogens is 3. The van der Waals surface area contributed by atoms with Crippen LogP contribution in [0.4, 0.5) is 0 Å². The number of pyridine rings is 1. The van der Waals surface area contributed by atoms with Crippen LogP contribution in [0.25, 0.3) is 16.7 Å². The van der Waals surface area contributed by atoms with Crippen LogP contribution in [0.3, 0.4) is 0 Å². The van der Waals surface area contributed by atoms with Crippen LogP contribution in [-0.4, -0.2) is 9.38 Å². The molecule has 23 heavy (non-hydrogen) atoms. The van der Waals surface area contributed by atoms with Crippen molar-refractivity contribution in [1.82, 2.24) is 9.38 Å². The maximum absolute atomic E-state index is 9.60. The summed E-state index contributed by atoms with van der Waals surface area (Å²) in [6.07, 6.45) is 4.60. The normalized spacial score (nSPS) is 11.3. The van der Waals surface area contributed by atoms with Crippen molar-refractivity contribution in [3.05, 3.63) is 44.0 Å². The Morgan fingerprint density at radius 2 is 2.00 bits per heavy atom. The molecule has 0 aliphatic carbocycles. The van der Waals surface area contributed by atoms with E-state index in [1.165, 1.54) is 0 Å². The number of rotatable bonds is 3. The first-order valence-corrected chi connectivity index (χ1v) is 8.50. The molecule has 0 fully saturated rings. The second kappa shape index (κ2) is 6.20. The highest BCUT2D eigenvalue weighted by atomic mass is 35.5. The lowest BCUT2D eigenvalue weighted by molar-refractivity contribution is 0.791. The fourth-order valence-corrected chi connectivity index (χ4v) is 3.56. The second-order valence-electron chi connectivity index (χ2n) is 5.51. The van der Waals surface area contributed by atoms with Crippen LogP contribution in [0.1, 0.15) is 36.5 Å².